The summed E-state index contributed by atoms with van der Waals surface area (Å²) in [5.74, 6) is -2.85. The molecule has 0 saturated carbocycles. The summed E-state index contributed by atoms with van der Waals surface area (Å²) in [5.41, 5.74) is -0.624. The van der Waals surface area contributed by atoms with Crippen molar-refractivity contribution in [2.24, 2.45) is 0 Å². The highest BCUT2D eigenvalue weighted by Crippen LogP contribution is 2.23. The smallest absolute Gasteiger partial charge is 0.335 e. The van der Waals surface area contributed by atoms with Crippen LogP contribution in [-0.2, 0) is 10.0 Å². The van der Waals surface area contributed by atoms with Gasteiger partial charge in [0.25, 0.3) is 10.0 Å². The SMILES string of the molecule is Cc1cc(F)ccc1S(=O)(=O)Nc1cc(C(=O)O)ccc1F. The molecule has 2 aromatic rings. The van der Waals surface area contributed by atoms with Crippen LogP contribution >= 0.6 is 0 Å². The number of halogens is 2. The van der Waals surface area contributed by atoms with Gasteiger partial charge in [0.1, 0.15) is 11.6 Å². The average Bonchev–Trinajstić information content (AvgIpc) is 2.40. The monoisotopic (exact) mass is 327 g/mol. The number of carbonyl (C=O) groups is 1. The standard InChI is InChI=1S/C14H11F2NO4S/c1-8-6-10(15)3-5-13(8)22(20,21)17-12-7-9(14(18)19)2-4-11(12)16/h2-7,17H,1H3,(H,18,19). The molecule has 0 saturated heterocycles. The number of carboxylic acids is 1. The number of hydrogen-bond donors (Lipinski definition) is 2. The maximum absolute atomic E-state index is 13.7. The van der Waals surface area contributed by atoms with Crippen LogP contribution in [0.2, 0.25) is 0 Å². The van der Waals surface area contributed by atoms with E-state index in [2.05, 4.69) is 0 Å². The van der Waals surface area contributed by atoms with E-state index in [9.17, 15) is 22.0 Å². The third-order valence-corrected chi connectivity index (χ3v) is 4.41. The van der Waals surface area contributed by atoms with Gasteiger partial charge in [-0.3, -0.25) is 4.72 Å². The minimum atomic E-state index is -4.18. The van der Waals surface area contributed by atoms with Crippen molar-refractivity contribution in [1.29, 1.82) is 0 Å². The number of sulfonamides is 1. The molecule has 5 nitrogen and oxygen atoms in total. The van der Waals surface area contributed by atoms with Crippen molar-refractivity contribution < 1.29 is 27.1 Å². The van der Waals surface area contributed by atoms with E-state index in [0.717, 1.165) is 36.4 Å². The first-order valence-electron chi connectivity index (χ1n) is 6.02. The lowest BCUT2D eigenvalue weighted by molar-refractivity contribution is 0.0697. The molecule has 0 heterocycles. The predicted molar refractivity (Wildman–Crippen MR) is 75.3 cm³/mol. The van der Waals surface area contributed by atoms with Crippen LogP contribution < -0.4 is 4.72 Å². The molecule has 0 fully saturated rings. The summed E-state index contributed by atoms with van der Waals surface area (Å²) in [4.78, 5) is 10.6. The van der Waals surface area contributed by atoms with E-state index in [-0.39, 0.29) is 16.0 Å². The largest absolute Gasteiger partial charge is 0.478 e. The number of aromatic carboxylic acids is 1. The quantitative estimate of drug-likeness (QED) is 0.904. The molecule has 0 aromatic heterocycles. The number of carboxylic acid groups (broad SMARTS) is 1. The van der Waals surface area contributed by atoms with Crippen molar-refractivity contribution in [3.63, 3.8) is 0 Å². The molecular formula is C14H11F2NO4S. The molecule has 0 radical (unpaired) electrons. The van der Waals surface area contributed by atoms with Gasteiger partial charge in [-0.15, -0.1) is 0 Å². The Kier molecular flexibility index (Phi) is 4.14. The van der Waals surface area contributed by atoms with Crippen LogP contribution in [0.1, 0.15) is 15.9 Å². The molecule has 0 bridgehead atoms. The second-order valence-electron chi connectivity index (χ2n) is 4.52. The van der Waals surface area contributed by atoms with Crippen molar-refractivity contribution in [3.8, 4) is 0 Å². The maximum atomic E-state index is 13.7. The molecule has 0 aliphatic rings. The summed E-state index contributed by atoms with van der Waals surface area (Å²) in [5, 5.41) is 8.85. The molecule has 116 valence electrons. The van der Waals surface area contributed by atoms with Crippen LogP contribution in [0, 0.1) is 18.6 Å². The molecule has 0 spiro atoms. The number of hydrogen-bond acceptors (Lipinski definition) is 3. The molecule has 0 unspecified atom stereocenters. The van der Waals surface area contributed by atoms with Gasteiger partial charge in [0, 0.05) is 0 Å². The zero-order valence-corrected chi connectivity index (χ0v) is 12.1. The number of anilines is 1. The first-order chi connectivity index (χ1) is 10.2. The molecule has 2 aromatic carbocycles. The highest BCUT2D eigenvalue weighted by atomic mass is 32.2. The topological polar surface area (TPSA) is 83.5 Å². The van der Waals surface area contributed by atoms with Crippen LogP contribution in [0.3, 0.4) is 0 Å². The van der Waals surface area contributed by atoms with Crippen LogP contribution in [0.5, 0.6) is 0 Å². The van der Waals surface area contributed by atoms with E-state index in [1.165, 1.54) is 6.92 Å². The summed E-state index contributed by atoms with van der Waals surface area (Å²) < 4.78 is 53.1. The molecule has 0 atom stereocenters. The Morgan fingerprint density at radius 3 is 2.41 bits per heavy atom. The fraction of sp³-hybridized carbons (Fsp3) is 0.0714. The van der Waals surface area contributed by atoms with Crippen molar-refractivity contribution in [2.75, 3.05) is 4.72 Å². The minimum Gasteiger partial charge on any atom is -0.478 e. The van der Waals surface area contributed by atoms with Gasteiger partial charge in [-0.2, -0.15) is 0 Å². The molecule has 2 rings (SSSR count). The van der Waals surface area contributed by atoms with E-state index in [1.54, 1.807) is 0 Å². The Morgan fingerprint density at radius 2 is 1.82 bits per heavy atom. The van der Waals surface area contributed by atoms with Gasteiger partial charge in [0.15, 0.2) is 0 Å². The highest BCUT2D eigenvalue weighted by Gasteiger charge is 2.20. The van der Waals surface area contributed by atoms with Crippen LogP contribution in [-0.4, -0.2) is 19.5 Å². The van der Waals surface area contributed by atoms with Crippen molar-refractivity contribution >= 4 is 21.7 Å². The van der Waals surface area contributed by atoms with Crippen molar-refractivity contribution in [3.05, 3.63) is 59.2 Å². The maximum Gasteiger partial charge on any atom is 0.335 e. The van der Waals surface area contributed by atoms with Crippen molar-refractivity contribution in [1.82, 2.24) is 0 Å². The predicted octanol–water partition coefficient (Wildman–Crippen LogP) is 2.77. The van der Waals surface area contributed by atoms with Gasteiger partial charge in [-0.1, -0.05) is 0 Å². The normalized spacial score (nSPS) is 11.2. The third-order valence-electron chi connectivity index (χ3n) is 2.88. The van der Waals surface area contributed by atoms with Gasteiger partial charge in [-0.25, -0.2) is 22.0 Å². The zero-order chi connectivity index (χ0) is 16.5. The molecular weight excluding hydrogens is 316 g/mol. The average molecular weight is 327 g/mol. The molecule has 22 heavy (non-hydrogen) atoms. The highest BCUT2D eigenvalue weighted by molar-refractivity contribution is 7.92. The van der Waals surface area contributed by atoms with E-state index in [4.69, 9.17) is 5.11 Å². The summed E-state index contributed by atoms with van der Waals surface area (Å²) in [6.45, 7) is 1.39. The first-order valence-corrected chi connectivity index (χ1v) is 7.51. The lowest BCUT2D eigenvalue weighted by atomic mass is 10.2. The molecule has 8 heteroatoms. The number of nitrogens with one attached hydrogen (secondary N) is 1. The van der Waals surface area contributed by atoms with Gasteiger partial charge >= 0.3 is 5.97 Å². The lowest BCUT2D eigenvalue weighted by Crippen LogP contribution is -2.16. The fourth-order valence-electron chi connectivity index (χ4n) is 1.85. The van der Waals surface area contributed by atoms with Crippen LogP contribution in [0.25, 0.3) is 0 Å². The van der Waals surface area contributed by atoms with Gasteiger partial charge in [0.2, 0.25) is 0 Å². The lowest BCUT2D eigenvalue weighted by Gasteiger charge is -2.11. The number of rotatable bonds is 4. The summed E-state index contributed by atoms with van der Waals surface area (Å²) >= 11 is 0. The van der Waals surface area contributed by atoms with Gasteiger partial charge in [-0.05, 0) is 48.9 Å². The minimum absolute atomic E-state index is 0.141. The van der Waals surface area contributed by atoms with Crippen LogP contribution in [0.15, 0.2) is 41.3 Å². The Morgan fingerprint density at radius 1 is 1.14 bits per heavy atom. The Labute approximate surface area is 125 Å². The second-order valence-corrected chi connectivity index (χ2v) is 6.17. The van der Waals surface area contributed by atoms with Gasteiger partial charge in [0.05, 0.1) is 16.1 Å². The van der Waals surface area contributed by atoms with Gasteiger partial charge < -0.3 is 5.11 Å². The molecule has 2 N–H and O–H groups in total. The Bertz CT molecular complexity index is 850. The first kappa shape index (κ1) is 15.9. The second kappa shape index (κ2) is 5.72. The molecule has 0 amide bonds. The Balaban J connectivity index is 2.45. The van der Waals surface area contributed by atoms with Crippen molar-refractivity contribution in [2.45, 2.75) is 11.8 Å². The van der Waals surface area contributed by atoms with Crippen LogP contribution in [0.4, 0.5) is 14.5 Å². The van der Waals surface area contributed by atoms with E-state index >= 15 is 0 Å². The number of benzene rings is 2. The van der Waals surface area contributed by atoms with E-state index in [1.807, 2.05) is 4.72 Å². The van der Waals surface area contributed by atoms with E-state index in [0.29, 0.717) is 0 Å². The van der Waals surface area contributed by atoms with E-state index < -0.39 is 33.3 Å². The Hall–Kier alpha value is -2.48. The number of aryl methyl sites for hydroxylation is 1. The summed E-state index contributed by atoms with van der Waals surface area (Å²) in [7, 11) is -4.18. The zero-order valence-electron chi connectivity index (χ0n) is 11.3. The molecule has 0 aliphatic heterocycles. The summed E-state index contributed by atoms with van der Waals surface area (Å²) in [6.07, 6.45) is 0. The molecule has 0 aliphatic carbocycles. The third kappa shape index (κ3) is 3.22. The fourth-order valence-corrected chi connectivity index (χ4v) is 3.14. The summed E-state index contributed by atoms with van der Waals surface area (Å²) in [6, 6.07) is 5.77.